The first-order chi connectivity index (χ1) is 10.7. The molecule has 0 aliphatic rings. The zero-order valence-electron chi connectivity index (χ0n) is 13.6. The fourth-order valence-corrected chi connectivity index (χ4v) is 2.34. The number of hydrogen-bond acceptors (Lipinski definition) is 4. The Kier molecular flexibility index (Phi) is 9.52. The van der Waals surface area contributed by atoms with E-state index >= 15 is 0 Å². The minimum Gasteiger partial charge on any atom is -0.389 e. The summed E-state index contributed by atoms with van der Waals surface area (Å²) in [5.74, 6) is 2.40. The number of terminal acetylenes is 1. The molecular formula is C18H27NO3. The summed E-state index contributed by atoms with van der Waals surface area (Å²) < 4.78 is 10.3. The van der Waals surface area contributed by atoms with E-state index < -0.39 is 6.10 Å². The van der Waals surface area contributed by atoms with E-state index in [0.29, 0.717) is 13.2 Å². The lowest BCUT2D eigenvalue weighted by molar-refractivity contribution is 0.0244. The van der Waals surface area contributed by atoms with Crippen LogP contribution in [0.25, 0.3) is 0 Å². The lowest BCUT2D eigenvalue weighted by Gasteiger charge is -2.25. The molecular weight excluding hydrogens is 278 g/mol. The molecule has 122 valence electrons. The molecule has 1 N–H and O–H groups in total. The Bertz CT molecular complexity index is 456. The third-order valence-electron chi connectivity index (χ3n) is 3.28. The molecule has 0 unspecified atom stereocenters. The number of nitrogens with zero attached hydrogens (tertiary/aromatic N) is 1. The Morgan fingerprint density at radius 3 is 2.91 bits per heavy atom. The number of aliphatic hydroxyl groups excluding tert-OH is 1. The molecule has 4 nitrogen and oxygen atoms in total. The van der Waals surface area contributed by atoms with Crippen molar-refractivity contribution in [1.29, 1.82) is 0 Å². The van der Waals surface area contributed by atoms with E-state index in [2.05, 4.69) is 42.0 Å². The molecule has 1 atom stereocenters. The van der Waals surface area contributed by atoms with Gasteiger partial charge in [-0.2, -0.15) is 0 Å². The van der Waals surface area contributed by atoms with E-state index in [1.165, 1.54) is 11.1 Å². The van der Waals surface area contributed by atoms with Gasteiger partial charge in [0, 0.05) is 33.4 Å². The fraction of sp³-hybridized carbons (Fsp3) is 0.556. The molecule has 1 rings (SSSR count). The van der Waals surface area contributed by atoms with E-state index in [1.54, 1.807) is 7.11 Å². The topological polar surface area (TPSA) is 41.9 Å². The van der Waals surface area contributed by atoms with Crippen molar-refractivity contribution in [2.75, 3.05) is 40.0 Å². The maximum atomic E-state index is 10.1. The second-order valence-corrected chi connectivity index (χ2v) is 5.44. The Morgan fingerprint density at radius 1 is 1.41 bits per heavy atom. The van der Waals surface area contributed by atoms with Crippen molar-refractivity contribution in [3.63, 3.8) is 0 Å². The molecule has 0 spiro atoms. The van der Waals surface area contributed by atoms with Gasteiger partial charge in [-0.05, 0) is 18.9 Å². The van der Waals surface area contributed by atoms with Crippen molar-refractivity contribution >= 4 is 0 Å². The summed E-state index contributed by atoms with van der Waals surface area (Å²) in [4.78, 5) is 2.22. The van der Waals surface area contributed by atoms with Gasteiger partial charge < -0.3 is 14.6 Å². The molecule has 0 aliphatic carbocycles. The molecule has 0 bridgehead atoms. The van der Waals surface area contributed by atoms with E-state index in [-0.39, 0.29) is 13.2 Å². The monoisotopic (exact) mass is 305 g/mol. The zero-order chi connectivity index (χ0) is 16.2. The van der Waals surface area contributed by atoms with Crippen molar-refractivity contribution < 1.29 is 14.6 Å². The third kappa shape index (κ3) is 8.16. The van der Waals surface area contributed by atoms with Gasteiger partial charge in [-0.1, -0.05) is 35.7 Å². The molecule has 22 heavy (non-hydrogen) atoms. The number of hydrogen-bond donors (Lipinski definition) is 1. The molecule has 0 aliphatic heterocycles. The number of rotatable bonds is 11. The number of benzene rings is 1. The zero-order valence-corrected chi connectivity index (χ0v) is 13.6. The standard InChI is InChI=1S/C18H27NO3/c1-4-10-22-15-18(20)14-19(9-6-11-21-3)13-17-8-5-7-16(2)12-17/h1,5,7-8,12,18,20H,6,9-11,13-15H2,2-3H3/t18-/m0/s1. The number of aryl methyl sites for hydroxylation is 1. The summed E-state index contributed by atoms with van der Waals surface area (Å²) >= 11 is 0. The van der Waals surface area contributed by atoms with Crippen LogP contribution < -0.4 is 0 Å². The Labute approximate surface area is 134 Å². The van der Waals surface area contributed by atoms with Gasteiger partial charge in [-0.15, -0.1) is 6.42 Å². The van der Waals surface area contributed by atoms with Gasteiger partial charge in [-0.3, -0.25) is 4.90 Å². The van der Waals surface area contributed by atoms with Crippen molar-refractivity contribution in [3.05, 3.63) is 35.4 Å². The normalized spacial score (nSPS) is 12.3. The van der Waals surface area contributed by atoms with Crippen molar-refractivity contribution in [1.82, 2.24) is 4.90 Å². The summed E-state index contributed by atoms with van der Waals surface area (Å²) in [5.41, 5.74) is 2.49. The van der Waals surface area contributed by atoms with Crippen LogP contribution in [0, 0.1) is 19.3 Å². The van der Waals surface area contributed by atoms with Crippen LogP contribution in [-0.4, -0.2) is 56.1 Å². The van der Waals surface area contributed by atoms with Gasteiger partial charge >= 0.3 is 0 Å². The Balaban J connectivity index is 2.53. The minimum atomic E-state index is -0.541. The van der Waals surface area contributed by atoms with Gasteiger partial charge in [-0.25, -0.2) is 0 Å². The van der Waals surface area contributed by atoms with E-state index in [0.717, 1.165) is 19.5 Å². The van der Waals surface area contributed by atoms with Crippen LogP contribution in [0.2, 0.25) is 0 Å². The first kappa shape index (κ1) is 18.7. The van der Waals surface area contributed by atoms with Crippen LogP contribution >= 0.6 is 0 Å². The van der Waals surface area contributed by atoms with Crippen LogP contribution in [-0.2, 0) is 16.0 Å². The largest absolute Gasteiger partial charge is 0.389 e. The molecule has 0 heterocycles. The SMILES string of the molecule is C#CCOC[C@@H](O)CN(CCCOC)Cc1cccc(C)c1. The average Bonchev–Trinajstić information content (AvgIpc) is 2.47. The molecule has 1 aromatic carbocycles. The highest BCUT2D eigenvalue weighted by molar-refractivity contribution is 5.22. The Hall–Kier alpha value is -1.38. The van der Waals surface area contributed by atoms with Gasteiger partial charge in [0.1, 0.15) is 6.61 Å². The summed E-state index contributed by atoms with van der Waals surface area (Å²) in [6, 6.07) is 8.42. The van der Waals surface area contributed by atoms with E-state index in [4.69, 9.17) is 15.9 Å². The molecule has 0 amide bonds. The van der Waals surface area contributed by atoms with E-state index in [1.807, 2.05) is 0 Å². The second kappa shape index (κ2) is 11.2. The predicted molar refractivity (Wildman–Crippen MR) is 88.6 cm³/mol. The van der Waals surface area contributed by atoms with Gasteiger partial charge in [0.25, 0.3) is 0 Å². The number of methoxy groups -OCH3 is 1. The molecule has 0 saturated carbocycles. The van der Waals surface area contributed by atoms with Crippen LogP contribution in [0.5, 0.6) is 0 Å². The van der Waals surface area contributed by atoms with Crippen LogP contribution in [0.3, 0.4) is 0 Å². The van der Waals surface area contributed by atoms with E-state index in [9.17, 15) is 5.11 Å². The van der Waals surface area contributed by atoms with Crippen molar-refractivity contribution in [3.8, 4) is 12.3 Å². The molecule has 0 aromatic heterocycles. The summed E-state index contributed by atoms with van der Waals surface area (Å²) in [6.07, 6.45) is 5.52. The van der Waals surface area contributed by atoms with Gasteiger partial charge in [0.05, 0.1) is 12.7 Å². The fourth-order valence-electron chi connectivity index (χ4n) is 2.34. The van der Waals surface area contributed by atoms with Crippen LogP contribution in [0.1, 0.15) is 17.5 Å². The first-order valence-corrected chi connectivity index (χ1v) is 7.61. The molecule has 1 aromatic rings. The molecule has 4 heteroatoms. The van der Waals surface area contributed by atoms with Gasteiger partial charge in [0.2, 0.25) is 0 Å². The molecule has 0 saturated heterocycles. The average molecular weight is 305 g/mol. The summed E-state index contributed by atoms with van der Waals surface area (Å²) in [7, 11) is 1.70. The molecule has 0 fully saturated rings. The predicted octanol–water partition coefficient (Wildman–Crippen LogP) is 1.84. The number of aliphatic hydroxyl groups is 1. The second-order valence-electron chi connectivity index (χ2n) is 5.44. The third-order valence-corrected chi connectivity index (χ3v) is 3.28. The Morgan fingerprint density at radius 2 is 2.23 bits per heavy atom. The van der Waals surface area contributed by atoms with Crippen LogP contribution in [0.4, 0.5) is 0 Å². The maximum Gasteiger partial charge on any atom is 0.107 e. The van der Waals surface area contributed by atoms with Gasteiger partial charge in [0.15, 0.2) is 0 Å². The highest BCUT2D eigenvalue weighted by atomic mass is 16.5. The highest BCUT2D eigenvalue weighted by Crippen LogP contribution is 2.09. The van der Waals surface area contributed by atoms with Crippen LogP contribution in [0.15, 0.2) is 24.3 Å². The molecule has 0 radical (unpaired) electrons. The quantitative estimate of drug-likeness (QED) is 0.500. The lowest BCUT2D eigenvalue weighted by Crippen LogP contribution is -2.35. The van der Waals surface area contributed by atoms with Crippen molar-refractivity contribution in [2.45, 2.75) is 26.0 Å². The van der Waals surface area contributed by atoms with Crippen molar-refractivity contribution in [2.24, 2.45) is 0 Å². The summed E-state index contributed by atoms with van der Waals surface area (Å²) in [5, 5.41) is 10.1. The number of ether oxygens (including phenoxy) is 2. The minimum absolute atomic E-state index is 0.235. The highest BCUT2D eigenvalue weighted by Gasteiger charge is 2.12. The summed E-state index contributed by atoms with van der Waals surface area (Å²) in [6.45, 7) is 5.53. The first-order valence-electron chi connectivity index (χ1n) is 7.61. The smallest absolute Gasteiger partial charge is 0.107 e. The lowest BCUT2D eigenvalue weighted by atomic mass is 10.1. The maximum absolute atomic E-state index is 10.1.